The first-order valence-corrected chi connectivity index (χ1v) is 9.05. The predicted molar refractivity (Wildman–Crippen MR) is 109 cm³/mol. The molecule has 0 unspecified atom stereocenters. The van der Waals surface area contributed by atoms with Gasteiger partial charge in [0.25, 0.3) is 0 Å². The van der Waals surface area contributed by atoms with Gasteiger partial charge in [0, 0.05) is 12.0 Å². The van der Waals surface area contributed by atoms with Crippen LogP contribution in [0.4, 0.5) is 0 Å². The Hall–Kier alpha value is -3.19. The molecule has 1 nitrogen and oxygen atoms in total. The van der Waals surface area contributed by atoms with Gasteiger partial charge in [0.15, 0.2) is 5.78 Å². The second-order valence-electron chi connectivity index (χ2n) is 6.88. The SMILES string of the molecule is O=C(CCc1ccccc1)c1ccc2ccc3cccc4ccc1c2c34. The van der Waals surface area contributed by atoms with E-state index in [9.17, 15) is 4.79 Å². The number of ketones is 1. The van der Waals surface area contributed by atoms with Crippen LogP contribution in [0.25, 0.3) is 32.3 Å². The molecule has 0 amide bonds. The van der Waals surface area contributed by atoms with Crippen LogP contribution in [-0.2, 0) is 6.42 Å². The van der Waals surface area contributed by atoms with Crippen molar-refractivity contribution in [1.29, 1.82) is 0 Å². The van der Waals surface area contributed by atoms with Crippen LogP contribution in [0.15, 0.2) is 84.9 Å². The van der Waals surface area contributed by atoms with Crippen LogP contribution in [0.2, 0.25) is 0 Å². The number of aryl methyl sites for hydroxylation is 1. The van der Waals surface area contributed by atoms with Gasteiger partial charge in [0.2, 0.25) is 0 Å². The number of hydrogen-bond donors (Lipinski definition) is 0. The van der Waals surface area contributed by atoms with Crippen molar-refractivity contribution >= 4 is 38.1 Å². The zero-order valence-corrected chi connectivity index (χ0v) is 14.4. The summed E-state index contributed by atoms with van der Waals surface area (Å²) in [6.07, 6.45) is 1.32. The Labute approximate surface area is 152 Å². The van der Waals surface area contributed by atoms with E-state index in [-0.39, 0.29) is 5.78 Å². The molecule has 0 spiro atoms. The Kier molecular flexibility index (Phi) is 3.46. The Morgan fingerprint density at radius 1 is 0.615 bits per heavy atom. The van der Waals surface area contributed by atoms with Crippen LogP contribution < -0.4 is 0 Å². The fraction of sp³-hybridized carbons (Fsp3) is 0.0800. The van der Waals surface area contributed by atoms with Gasteiger partial charge in [-0.25, -0.2) is 0 Å². The topological polar surface area (TPSA) is 17.1 Å². The molecule has 0 fully saturated rings. The average Bonchev–Trinajstić information content (AvgIpc) is 2.71. The molecule has 0 bridgehead atoms. The van der Waals surface area contributed by atoms with Crippen molar-refractivity contribution in [1.82, 2.24) is 0 Å². The van der Waals surface area contributed by atoms with Crippen molar-refractivity contribution in [3.05, 3.63) is 96.1 Å². The van der Waals surface area contributed by atoms with E-state index >= 15 is 0 Å². The zero-order valence-electron chi connectivity index (χ0n) is 14.4. The minimum atomic E-state index is 0.215. The fourth-order valence-electron chi connectivity index (χ4n) is 4.02. The maximum atomic E-state index is 13.0. The summed E-state index contributed by atoms with van der Waals surface area (Å²) in [6, 6.07) is 29.2. The minimum Gasteiger partial charge on any atom is -0.294 e. The van der Waals surface area contributed by atoms with Crippen molar-refractivity contribution in [2.24, 2.45) is 0 Å². The highest BCUT2D eigenvalue weighted by Crippen LogP contribution is 2.36. The number of rotatable bonds is 4. The third-order valence-electron chi connectivity index (χ3n) is 5.31. The molecule has 124 valence electrons. The van der Waals surface area contributed by atoms with Crippen LogP contribution in [0.5, 0.6) is 0 Å². The standard InChI is InChI=1S/C25H18O/c26-23(16-9-17-5-2-1-3-6-17)21-14-12-20-11-10-18-7-4-8-19-13-15-22(21)25(20)24(18)19/h1-8,10-15H,9,16H2. The first kappa shape index (κ1) is 15.1. The molecule has 5 aromatic carbocycles. The largest absolute Gasteiger partial charge is 0.294 e. The molecule has 0 saturated carbocycles. The molecule has 1 heteroatoms. The lowest BCUT2D eigenvalue weighted by molar-refractivity contribution is 0.0984. The quantitative estimate of drug-likeness (QED) is 0.274. The molecule has 0 aromatic heterocycles. The number of hydrogen-bond acceptors (Lipinski definition) is 1. The summed E-state index contributed by atoms with van der Waals surface area (Å²) in [5.41, 5.74) is 2.05. The normalized spacial score (nSPS) is 11.5. The molecule has 0 atom stereocenters. The third kappa shape index (κ3) is 2.36. The maximum absolute atomic E-state index is 13.0. The van der Waals surface area contributed by atoms with Crippen molar-refractivity contribution in [2.45, 2.75) is 12.8 Å². The van der Waals surface area contributed by atoms with Crippen LogP contribution in [0.1, 0.15) is 22.3 Å². The van der Waals surface area contributed by atoms with E-state index in [1.165, 1.54) is 32.5 Å². The average molecular weight is 334 g/mol. The molecule has 5 aromatic rings. The highest BCUT2D eigenvalue weighted by molar-refractivity contribution is 6.26. The molecule has 0 saturated heterocycles. The van der Waals surface area contributed by atoms with Gasteiger partial charge in [-0.15, -0.1) is 0 Å². The van der Waals surface area contributed by atoms with Crippen molar-refractivity contribution in [3.63, 3.8) is 0 Å². The zero-order chi connectivity index (χ0) is 17.5. The summed E-state index contributed by atoms with van der Waals surface area (Å²) in [4.78, 5) is 13.0. The maximum Gasteiger partial charge on any atom is 0.163 e. The van der Waals surface area contributed by atoms with Crippen LogP contribution in [0, 0.1) is 0 Å². The lowest BCUT2D eigenvalue weighted by atomic mass is 9.90. The van der Waals surface area contributed by atoms with Crippen LogP contribution in [0.3, 0.4) is 0 Å². The minimum absolute atomic E-state index is 0.215. The Balaban J connectivity index is 1.62. The van der Waals surface area contributed by atoms with Crippen LogP contribution >= 0.6 is 0 Å². The van der Waals surface area contributed by atoms with Gasteiger partial charge in [0.1, 0.15) is 0 Å². The Morgan fingerprint density at radius 3 is 2.04 bits per heavy atom. The summed E-state index contributed by atoms with van der Waals surface area (Å²) in [7, 11) is 0. The number of carbonyl (C=O) groups excluding carboxylic acids is 1. The van der Waals surface area contributed by atoms with E-state index in [0.717, 1.165) is 17.4 Å². The highest BCUT2D eigenvalue weighted by atomic mass is 16.1. The molecule has 0 aliphatic carbocycles. The second-order valence-corrected chi connectivity index (χ2v) is 6.88. The molecule has 0 N–H and O–H groups in total. The summed E-state index contributed by atoms with van der Waals surface area (Å²) >= 11 is 0. The van der Waals surface area contributed by atoms with Gasteiger partial charge in [-0.2, -0.15) is 0 Å². The molecule has 0 aliphatic rings. The van der Waals surface area contributed by atoms with Gasteiger partial charge in [0.05, 0.1) is 0 Å². The fourth-order valence-corrected chi connectivity index (χ4v) is 4.02. The second kappa shape index (κ2) is 5.96. The molecule has 0 aliphatic heterocycles. The summed E-state index contributed by atoms with van der Waals surface area (Å²) in [6.45, 7) is 0. The van der Waals surface area contributed by atoms with E-state index in [1.807, 2.05) is 24.3 Å². The van der Waals surface area contributed by atoms with Crippen molar-refractivity contribution in [3.8, 4) is 0 Å². The van der Waals surface area contributed by atoms with Gasteiger partial charge < -0.3 is 0 Å². The number of Topliss-reactive ketones (excluding diaryl/α,β-unsaturated/α-hetero) is 1. The Bertz CT molecular complexity index is 1220. The van der Waals surface area contributed by atoms with Crippen molar-refractivity contribution in [2.75, 3.05) is 0 Å². The predicted octanol–water partition coefficient (Wildman–Crippen LogP) is 6.40. The third-order valence-corrected chi connectivity index (χ3v) is 5.31. The van der Waals surface area contributed by atoms with Crippen molar-refractivity contribution < 1.29 is 4.79 Å². The van der Waals surface area contributed by atoms with Crippen LogP contribution in [-0.4, -0.2) is 5.78 Å². The molecular formula is C25H18O. The molecular weight excluding hydrogens is 316 g/mol. The molecule has 26 heavy (non-hydrogen) atoms. The van der Waals surface area contributed by atoms with E-state index < -0.39 is 0 Å². The lowest BCUT2D eigenvalue weighted by Gasteiger charge is -2.13. The first-order valence-electron chi connectivity index (χ1n) is 9.05. The summed E-state index contributed by atoms with van der Waals surface area (Å²) in [5.74, 6) is 0.215. The van der Waals surface area contributed by atoms with E-state index in [4.69, 9.17) is 0 Å². The van der Waals surface area contributed by atoms with Gasteiger partial charge in [-0.1, -0.05) is 84.9 Å². The van der Waals surface area contributed by atoms with Gasteiger partial charge in [-0.05, 0) is 44.3 Å². The summed E-state index contributed by atoms with van der Waals surface area (Å²) in [5, 5.41) is 7.21. The lowest BCUT2D eigenvalue weighted by Crippen LogP contribution is -2.02. The van der Waals surface area contributed by atoms with E-state index in [1.54, 1.807) is 0 Å². The van der Waals surface area contributed by atoms with Gasteiger partial charge >= 0.3 is 0 Å². The molecule has 0 radical (unpaired) electrons. The van der Waals surface area contributed by atoms with E-state index in [2.05, 4.69) is 60.7 Å². The number of benzene rings is 5. The highest BCUT2D eigenvalue weighted by Gasteiger charge is 2.14. The van der Waals surface area contributed by atoms with Gasteiger partial charge in [-0.3, -0.25) is 4.79 Å². The number of carbonyl (C=O) groups is 1. The summed E-state index contributed by atoms with van der Waals surface area (Å²) < 4.78 is 0. The Morgan fingerprint density at radius 2 is 1.27 bits per heavy atom. The van der Waals surface area contributed by atoms with E-state index in [0.29, 0.717) is 6.42 Å². The first-order chi connectivity index (χ1) is 12.8. The smallest absolute Gasteiger partial charge is 0.163 e. The molecule has 5 rings (SSSR count). The monoisotopic (exact) mass is 334 g/mol. The molecule has 0 heterocycles.